The predicted octanol–water partition coefficient (Wildman–Crippen LogP) is -39.9. The fraction of sp³-hybridized carbons (Fsp3) is 0.426. The van der Waals surface area contributed by atoms with Crippen LogP contribution in [0.2, 0.25) is 0 Å². The average molecular weight is 3670 g/mol. The summed E-state index contributed by atoms with van der Waals surface area (Å²) in [6.07, 6.45) is 0. The maximum Gasteiger partial charge on any atom is 3.00 e. The van der Waals surface area contributed by atoms with E-state index in [1.165, 1.54) is 48.5 Å². The van der Waals surface area contributed by atoms with E-state index in [-0.39, 0.29) is 500 Å². The second-order valence-electron chi connectivity index (χ2n) is 12.6. The number of fused-ring (bicyclic) bond motifs is 4. The van der Waals surface area contributed by atoms with Crippen molar-refractivity contribution in [3.8, 4) is 88.5 Å². The van der Waals surface area contributed by atoms with E-state index < -0.39 is 0 Å². The number of ether oxygens (including phenoxy) is 12. The van der Waals surface area contributed by atoms with Gasteiger partial charge < -0.3 is 393 Å². The zero-order valence-electron chi connectivity index (χ0n) is 52.2. The Morgan fingerprint density at radius 2 is 0.280 bits per heavy atom. The first-order chi connectivity index (χ1) is 35.8. The third kappa shape index (κ3) is 113. The predicted molar refractivity (Wildman–Crippen MR) is 295 cm³/mol. The Labute approximate surface area is 914 Å². The average Bonchev–Trinajstić information content (AvgIpc) is 3.38. The normalized spacial score (nSPS) is 10.1. The molecule has 39 heteroatoms. The Morgan fingerprint density at radius 1 is 0.204 bits per heavy atom. The van der Waals surface area contributed by atoms with Crippen molar-refractivity contribution >= 4 is 105 Å². The van der Waals surface area contributed by atoms with Crippen LogP contribution in [0.1, 0.15) is 48.5 Å². The Bertz CT molecular complexity index is 1870. The number of nitrogens with zero attached hydrogens (tertiary/aromatic N) is 7. The Hall–Kier alpha value is 7.30. The molecule has 2 heterocycles. The molecule has 19 nitrogen and oxygen atoms in total. The molecule has 0 aromatic heterocycles. The van der Waals surface area contributed by atoms with Crippen LogP contribution in [0, 0.1) is 79.3 Å². The van der Waals surface area contributed by atoms with Crippen molar-refractivity contribution in [3.63, 3.8) is 0 Å². The van der Waals surface area contributed by atoms with Gasteiger partial charge in [0.15, 0.2) is 46.0 Å². The largest absolute Gasteiger partial charge is 3.00 e. The molecule has 0 aliphatic carbocycles. The monoisotopic (exact) mass is 3670 g/mol. The minimum atomic E-state index is 0. The van der Waals surface area contributed by atoms with E-state index in [9.17, 15) is 0 Å². The van der Waals surface area contributed by atoms with Gasteiger partial charge in [0.25, 0.3) is 0 Å². The van der Waals surface area contributed by atoms with Gasteiger partial charge in [-0.2, -0.15) is 36.8 Å². The first kappa shape index (κ1) is 166. The summed E-state index contributed by atoms with van der Waals surface area (Å²) < 4.78 is 68.1. The number of halogens is 14. The molecule has 4 aromatic rings. The Kier molecular flexibility index (Phi) is 252. The minimum absolute atomic E-state index is 0. The summed E-state index contributed by atoms with van der Waals surface area (Å²) in [5.74, 6) is 5.60. The summed E-state index contributed by atoms with van der Waals surface area (Å²) >= 11 is 0. The second kappa shape index (κ2) is 142. The van der Waals surface area contributed by atoms with Gasteiger partial charge in [-0.05, 0) is 48.5 Å². The van der Waals surface area contributed by atoms with E-state index in [1.54, 1.807) is 42.5 Å². The van der Waals surface area contributed by atoms with E-state index in [4.69, 9.17) is 93.7 Å². The number of hydrogen-bond acceptors (Lipinski definition) is 19. The molecular formula is C54H69Bi4I14N7Na2O12. The van der Waals surface area contributed by atoms with Gasteiger partial charge in [0.2, 0.25) is 0 Å². The van der Waals surface area contributed by atoms with Gasteiger partial charge in [0.1, 0.15) is 52.9 Å². The van der Waals surface area contributed by atoms with Crippen molar-refractivity contribution < 1.29 is 452 Å². The molecule has 2 aliphatic rings. The van der Waals surface area contributed by atoms with E-state index in [0.29, 0.717) is 152 Å². The minimum Gasteiger partial charge on any atom is -1.00 e. The molecule has 2 aliphatic heterocycles. The van der Waals surface area contributed by atoms with Crippen molar-refractivity contribution in [2.45, 2.75) is 48.5 Å². The van der Waals surface area contributed by atoms with Gasteiger partial charge in [-0.25, -0.2) is 0 Å². The second-order valence-corrected chi connectivity index (χ2v) is 12.6. The molecule has 0 atom stereocenters. The first-order valence-corrected chi connectivity index (χ1v) is 22.6. The number of hydrogen-bond donors (Lipinski definition) is 0. The molecule has 0 amide bonds. The van der Waals surface area contributed by atoms with E-state index >= 15 is 0 Å². The van der Waals surface area contributed by atoms with Crippen LogP contribution in [-0.4, -0.2) is 211 Å². The molecule has 512 valence electrons. The van der Waals surface area contributed by atoms with Crippen LogP contribution in [0.15, 0.2) is 97.1 Å². The topological polar surface area (TPSA) is 277 Å². The maximum absolute atomic E-state index is 7.32. The molecule has 0 fully saturated rings. The van der Waals surface area contributed by atoms with Crippen LogP contribution >= 0.6 is 0 Å². The van der Waals surface area contributed by atoms with Crippen LogP contribution in [0.5, 0.6) is 46.0 Å². The summed E-state index contributed by atoms with van der Waals surface area (Å²) in [5.41, 5.74) is 0. The van der Waals surface area contributed by atoms with Crippen LogP contribution in [0.3, 0.4) is 0 Å². The van der Waals surface area contributed by atoms with Crippen molar-refractivity contribution in [1.29, 1.82) is 36.8 Å². The van der Waals surface area contributed by atoms with Gasteiger partial charge in [0.05, 0.1) is 95.3 Å². The van der Waals surface area contributed by atoms with Crippen LogP contribution in [0.25, 0.3) is 0 Å². The van der Waals surface area contributed by atoms with Gasteiger partial charge in [-0.1, -0.05) is 48.5 Å². The van der Waals surface area contributed by atoms with Gasteiger partial charge in [-0.15, -0.1) is 0 Å². The summed E-state index contributed by atoms with van der Waals surface area (Å²) in [7, 11) is 0. The van der Waals surface area contributed by atoms with Gasteiger partial charge >= 0.3 is 164 Å². The third-order valence-corrected chi connectivity index (χ3v) is 7.28. The fourth-order valence-corrected chi connectivity index (χ4v) is 4.85. The molecule has 6 rings (SSSR count). The third-order valence-electron chi connectivity index (χ3n) is 7.28. The smallest absolute Gasteiger partial charge is 1.00 e. The molecule has 0 saturated heterocycles. The Balaban J connectivity index is -0.0000000330. The molecule has 0 bridgehead atoms. The van der Waals surface area contributed by atoms with Crippen molar-refractivity contribution in [1.82, 2.24) is 0 Å². The fourth-order valence-electron chi connectivity index (χ4n) is 4.85. The van der Waals surface area contributed by atoms with E-state index in [2.05, 4.69) is 0 Å². The van der Waals surface area contributed by atoms with Crippen molar-refractivity contribution in [2.75, 3.05) is 106 Å². The van der Waals surface area contributed by atoms with Crippen LogP contribution in [0.4, 0.5) is 0 Å². The van der Waals surface area contributed by atoms with Crippen molar-refractivity contribution in [3.05, 3.63) is 97.1 Å². The summed E-state index contributed by atoms with van der Waals surface area (Å²) in [5, 5.41) is 51.2. The van der Waals surface area contributed by atoms with E-state index in [1.807, 2.05) is 97.1 Å². The van der Waals surface area contributed by atoms with Gasteiger partial charge in [0, 0.05) is 48.5 Å². The van der Waals surface area contributed by atoms with E-state index in [0.717, 1.165) is 0 Å². The van der Waals surface area contributed by atoms with Crippen molar-refractivity contribution in [2.24, 2.45) is 0 Å². The number of para-hydroxylation sites is 8. The number of benzene rings is 4. The SMILES string of the molecule is CC#N.CC#N.CC#N.CC#N.CC#N.CC#N.CC#N.[Bi+3].[Bi+3].[Bi+3].[Bi+3].[I-].[I-].[I-].[I-].[I-].[I-].[I-].[I-].[I-].[I-].[I-].[I-].[I-].[I-].[Na+].[Na+].c1ccc2c(c1)OCCOCCOc1ccccc1OCCOCCO2.c1ccc2c(c1)OCCOCCOc1ccccc1OCCOCCO2. The molecular weight excluding hydrogens is 3600 g/mol. The molecule has 0 N–H and O–H groups in total. The maximum atomic E-state index is 7.32. The summed E-state index contributed by atoms with van der Waals surface area (Å²) in [6, 6.07) is 42.6. The molecule has 4 aromatic carbocycles. The van der Waals surface area contributed by atoms with Crippen LogP contribution < -0.4 is 433 Å². The quantitative estimate of drug-likeness (QED) is 0.117. The van der Waals surface area contributed by atoms with Crippen LogP contribution in [-0.2, 0) is 18.9 Å². The zero-order chi connectivity index (χ0) is 54.7. The zero-order valence-corrected chi connectivity index (χ0v) is 100. The number of rotatable bonds is 0. The molecule has 8 radical (unpaired) electrons. The summed E-state index contributed by atoms with van der Waals surface area (Å²) in [6.45, 7) is 17.3. The standard InChI is InChI=1S/2C20H24O6.7C2H3N.4Bi.14HI.2Na/c2*1-2-6-18-17(5-1)23-13-9-21-11-15-25-19-7-3-4-8-20(19)26-16-12-22-10-14-24-18;7*1-2-3;;;;;;;;;;;;;;;;;;;;/h2*1-8H,9-16H2;7*1H3;;;;;14*1H;;/q;;;;;;;;;4*+3;;;;;;;;;;;;;;;2*+1/p-14. The molecule has 0 saturated carbocycles. The number of nitriles is 7. The Morgan fingerprint density at radius 3 is 0.355 bits per heavy atom. The molecule has 0 spiro atoms. The molecule has 93 heavy (non-hydrogen) atoms. The summed E-state index contributed by atoms with van der Waals surface area (Å²) in [4.78, 5) is 0. The first-order valence-electron chi connectivity index (χ1n) is 22.6. The van der Waals surface area contributed by atoms with Gasteiger partial charge in [-0.3, -0.25) is 0 Å². The molecule has 0 unspecified atom stereocenters.